The van der Waals surface area contributed by atoms with E-state index in [0.717, 1.165) is 22.7 Å². The van der Waals surface area contributed by atoms with Gasteiger partial charge in [-0.1, -0.05) is 31.2 Å². The van der Waals surface area contributed by atoms with E-state index < -0.39 is 0 Å². The Morgan fingerprint density at radius 1 is 1.39 bits per heavy atom. The molecule has 0 saturated carbocycles. The molecule has 0 unspecified atom stereocenters. The molecule has 0 N–H and O–H groups in total. The number of benzene rings is 1. The average molecular weight is 261 g/mol. The highest BCUT2D eigenvalue weighted by Crippen LogP contribution is 2.30. The third kappa shape index (κ3) is 2.29. The van der Waals surface area contributed by atoms with Gasteiger partial charge in [-0.2, -0.15) is 0 Å². The molecular formula is C14H15NO2S. The minimum Gasteiger partial charge on any atom is -0.465 e. The van der Waals surface area contributed by atoms with Crippen molar-refractivity contribution >= 4 is 17.3 Å². The number of hydrogen-bond acceptors (Lipinski definition) is 4. The molecule has 0 bridgehead atoms. The molecule has 0 aliphatic rings. The molecule has 94 valence electrons. The first-order valence-electron chi connectivity index (χ1n) is 5.81. The zero-order valence-corrected chi connectivity index (χ0v) is 11.5. The molecule has 0 radical (unpaired) electrons. The van der Waals surface area contributed by atoms with Gasteiger partial charge in [0.1, 0.15) is 9.88 Å². The molecule has 0 fully saturated rings. The Labute approximate surface area is 110 Å². The number of hydrogen-bond donors (Lipinski definition) is 0. The summed E-state index contributed by atoms with van der Waals surface area (Å²) in [7, 11) is 1.39. The van der Waals surface area contributed by atoms with Crippen molar-refractivity contribution in [3.8, 4) is 10.6 Å². The second-order valence-corrected chi connectivity index (χ2v) is 4.93. The predicted octanol–water partition coefficient (Wildman–Crippen LogP) is 3.47. The summed E-state index contributed by atoms with van der Waals surface area (Å²) in [5, 5.41) is 0.880. The summed E-state index contributed by atoms with van der Waals surface area (Å²) in [5.41, 5.74) is 3.07. The van der Waals surface area contributed by atoms with E-state index in [1.165, 1.54) is 24.0 Å². The third-order valence-corrected chi connectivity index (χ3v) is 3.97. The molecule has 0 atom stereocenters. The summed E-state index contributed by atoms with van der Waals surface area (Å²) >= 11 is 1.39. The zero-order chi connectivity index (χ0) is 13.1. The van der Waals surface area contributed by atoms with E-state index >= 15 is 0 Å². The number of methoxy groups -OCH3 is 1. The molecule has 0 amide bonds. The Kier molecular flexibility index (Phi) is 3.77. The van der Waals surface area contributed by atoms with Crippen molar-refractivity contribution in [1.29, 1.82) is 0 Å². The molecule has 0 spiro atoms. The van der Waals surface area contributed by atoms with Crippen LogP contribution in [0, 0.1) is 6.92 Å². The maximum Gasteiger partial charge on any atom is 0.349 e. The van der Waals surface area contributed by atoms with Crippen LogP contribution in [-0.2, 0) is 11.2 Å². The van der Waals surface area contributed by atoms with Gasteiger partial charge in [-0.05, 0) is 18.9 Å². The first-order valence-corrected chi connectivity index (χ1v) is 6.63. The van der Waals surface area contributed by atoms with Gasteiger partial charge in [-0.25, -0.2) is 9.78 Å². The van der Waals surface area contributed by atoms with E-state index in [2.05, 4.69) is 18.0 Å². The molecule has 2 aromatic rings. The third-order valence-electron chi connectivity index (χ3n) is 2.80. The minimum absolute atomic E-state index is 0.315. The summed E-state index contributed by atoms with van der Waals surface area (Å²) in [6.07, 6.45) is 0.947. The molecule has 1 heterocycles. The monoisotopic (exact) mass is 261 g/mol. The number of thiazole rings is 1. The molecule has 4 heteroatoms. The molecule has 0 aliphatic carbocycles. The summed E-state index contributed by atoms with van der Waals surface area (Å²) < 4.78 is 4.75. The predicted molar refractivity (Wildman–Crippen MR) is 73.0 cm³/mol. The van der Waals surface area contributed by atoms with Crippen LogP contribution in [0.25, 0.3) is 10.6 Å². The minimum atomic E-state index is -0.315. The van der Waals surface area contributed by atoms with Gasteiger partial charge in [0.05, 0.1) is 12.8 Å². The van der Waals surface area contributed by atoms with E-state index in [-0.39, 0.29) is 5.97 Å². The van der Waals surface area contributed by atoms with Gasteiger partial charge in [0.25, 0.3) is 0 Å². The smallest absolute Gasteiger partial charge is 0.349 e. The molecular weight excluding hydrogens is 246 g/mol. The lowest BCUT2D eigenvalue weighted by Gasteiger charge is -2.03. The number of carbonyl (C=O) groups is 1. The summed E-state index contributed by atoms with van der Waals surface area (Å²) in [6.45, 7) is 3.95. The molecule has 1 aromatic carbocycles. The fourth-order valence-corrected chi connectivity index (χ4v) is 2.88. The van der Waals surface area contributed by atoms with Crippen LogP contribution in [0.2, 0.25) is 0 Å². The lowest BCUT2D eigenvalue weighted by molar-refractivity contribution is 0.0605. The Balaban J connectivity index is 2.49. The van der Waals surface area contributed by atoms with Gasteiger partial charge in [-0.3, -0.25) is 0 Å². The highest BCUT2D eigenvalue weighted by atomic mass is 32.1. The molecule has 1 aromatic heterocycles. The maximum absolute atomic E-state index is 11.6. The van der Waals surface area contributed by atoms with Gasteiger partial charge in [-0.15, -0.1) is 11.3 Å². The van der Waals surface area contributed by atoms with Gasteiger partial charge in [0.15, 0.2) is 0 Å². The van der Waals surface area contributed by atoms with Crippen molar-refractivity contribution in [2.24, 2.45) is 0 Å². The lowest BCUT2D eigenvalue weighted by Crippen LogP contribution is -1.99. The largest absolute Gasteiger partial charge is 0.465 e. The van der Waals surface area contributed by atoms with Crippen molar-refractivity contribution in [2.45, 2.75) is 20.3 Å². The number of esters is 1. The van der Waals surface area contributed by atoms with Crippen molar-refractivity contribution in [1.82, 2.24) is 4.98 Å². The first kappa shape index (κ1) is 12.8. The van der Waals surface area contributed by atoms with Crippen LogP contribution in [-0.4, -0.2) is 18.1 Å². The maximum atomic E-state index is 11.6. The van der Waals surface area contributed by atoms with Crippen LogP contribution in [0.5, 0.6) is 0 Å². The molecule has 18 heavy (non-hydrogen) atoms. The number of rotatable bonds is 3. The van der Waals surface area contributed by atoms with Gasteiger partial charge in [0, 0.05) is 5.56 Å². The van der Waals surface area contributed by atoms with Crippen LogP contribution in [0.15, 0.2) is 24.3 Å². The van der Waals surface area contributed by atoms with Gasteiger partial charge < -0.3 is 4.74 Å². The zero-order valence-electron chi connectivity index (χ0n) is 10.7. The highest BCUT2D eigenvalue weighted by molar-refractivity contribution is 7.17. The van der Waals surface area contributed by atoms with Crippen LogP contribution < -0.4 is 0 Å². The topological polar surface area (TPSA) is 39.2 Å². The fraction of sp³-hybridized carbons (Fsp3) is 0.286. The van der Waals surface area contributed by atoms with Crippen molar-refractivity contribution < 1.29 is 9.53 Å². The number of ether oxygens (including phenoxy) is 1. The Morgan fingerprint density at radius 2 is 2.11 bits per heavy atom. The van der Waals surface area contributed by atoms with E-state index in [9.17, 15) is 4.79 Å². The van der Waals surface area contributed by atoms with E-state index in [0.29, 0.717) is 4.88 Å². The SMILES string of the molecule is CCc1ccccc1-c1nc(C)c(C(=O)OC)s1. The van der Waals surface area contributed by atoms with E-state index in [4.69, 9.17) is 4.74 Å². The second kappa shape index (κ2) is 5.31. The van der Waals surface area contributed by atoms with Crippen LogP contribution in [0.4, 0.5) is 0 Å². The van der Waals surface area contributed by atoms with Crippen LogP contribution in [0.3, 0.4) is 0 Å². The van der Waals surface area contributed by atoms with Crippen molar-refractivity contribution in [2.75, 3.05) is 7.11 Å². The quantitative estimate of drug-likeness (QED) is 0.794. The average Bonchev–Trinajstić information content (AvgIpc) is 2.79. The van der Waals surface area contributed by atoms with E-state index in [1.54, 1.807) is 0 Å². The van der Waals surface area contributed by atoms with Crippen LogP contribution in [0.1, 0.15) is 27.9 Å². The Hall–Kier alpha value is -1.68. The molecule has 0 aliphatic heterocycles. The summed E-state index contributed by atoms with van der Waals surface area (Å²) in [4.78, 5) is 16.6. The number of nitrogens with zero attached hydrogens (tertiary/aromatic N) is 1. The Morgan fingerprint density at radius 3 is 2.78 bits per heavy atom. The number of carbonyl (C=O) groups excluding carboxylic acids is 1. The number of aryl methyl sites for hydroxylation is 2. The molecule has 3 nitrogen and oxygen atoms in total. The van der Waals surface area contributed by atoms with Gasteiger partial charge >= 0.3 is 5.97 Å². The highest BCUT2D eigenvalue weighted by Gasteiger charge is 2.17. The summed E-state index contributed by atoms with van der Waals surface area (Å²) in [6, 6.07) is 8.13. The summed E-state index contributed by atoms with van der Waals surface area (Å²) in [5.74, 6) is -0.315. The van der Waals surface area contributed by atoms with Crippen molar-refractivity contribution in [3.63, 3.8) is 0 Å². The second-order valence-electron chi connectivity index (χ2n) is 3.94. The first-order chi connectivity index (χ1) is 8.67. The fourth-order valence-electron chi connectivity index (χ4n) is 1.83. The standard InChI is InChI=1S/C14H15NO2S/c1-4-10-7-5-6-8-11(10)13-15-9(2)12(18-13)14(16)17-3/h5-8H,4H2,1-3H3. The van der Waals surface area contributed by atoms with Gasteiger partial charge in [0.2, 0.25) is 0 Å². The lowest BCUT2D eigenvalue weighted by atomic mass is 10.1. The number of aromatic nitrogens is 1. The van der Waals surface area contributed by atoms with E-state index in [1.807, 2.05) is 25.1 Å². The molecule has 0 saturated heterocycles. The molecule has 2 rings (SSSR count). The van der Waals surface area contributed by atoms with Crippen LogP contribution >= 0.6 is 11.3 Å². The normalized spacial score (nSPS) is 10.4. The Bertz CT molecular complexity index is 575. The van der Waals surface area contributed by atoms with Crippen molar-refractivity contribution in [3.05, 3.63) is 40.4 Å².